The van der Waals surface area contributed by atoms with Crippen molar-refractivity contribution in [3.05, 3.63) is 24.2 Å². The fourth-order valence-corrected chi connectivity index (χ4v) is 3.03. The number of hydrogen-bond donors (Lipinski definition) is 0. The van der Waals surface area contributed by atoms with Crippen LogP contribution in [0.3, 0.4) is 0 Å². The van der Waals surface area contributed by atoms with Crippen molar-refractivity contribution in [2.45, 2.75) is 65.1 Å². The molecule has 1 saturated heterocycles. The van der Waals surface area contributed by atoms with E-state index in [9.17, 15) is 4.79 Å². The van der Waals surface area contributed by atoms with Crippen LogP contribution >= 0.6 is 0 Å². The first-order valence-electron chi connectivity index (χ1n) is 8.98. The molecule has 1 aliphatic heterocycles. The molecule has 5 nitrogen and oxygen atoms in total. The molecule has 1 aromatic rings. The molecule has 1 aliphatic rings. The number of likely N-dealkylation sites (tertiary alicyclic amines) is 1. The second-order valence-electron chi connectivity index (χ2n) is 7.61. The zero-order valence-corrected chi connectivity index (χ0v) is 15.4. The quantitative estimate of drug-likeness (QED) is 0.701. The minimum absolute atomic E-state index is 0.00961. The van der Waals surface area contributed by atoms with Gasteiger partial charge in [0, 0.05) is 19.7 Å². The van der Waals surface area contributed by atoms with Crippen LogP contribution < -0.4 is 0 Å². The Morgan fingerprint density at radius 3 is 2.92 bits per heavy atom. The first-order valence-corrected chi connectivity index (χ1v) is 8.98. The third-order valence-electron chi connectivity index (χ3n) is 4.24. The Kier molecular flexibility index (Phi) is 6.72. The van der Waals surface area contributed by atoms with E-state index in [2.05, 4.69) is 0 Å². The fraction of sp³-hybridized carbons (Fsp3) is 0.737. The highest BCUT2D eigenvalue weighted by molar-refractivity contribution is 5.68. The van der Waals surface area contributed by atoms with E-state index in [1.807, 2.05) is 44.7 Å². The van der Waals surface area contributed by atoms with Crippen molar-refractivity contribution in [2.75, 3.05) is 19.7 Å². The summed E-state index contributed by atoms with van der Waals surface area (Å²) in [6.45, 7) is 10.0. The Morgan fingerprint density at radius 2 is 2.25 bits per heavy atom. The van der Waals surface area contributed by atoms with Crippen LogP contribution in [-0.2, 0) is 9.47 Å². The number of carbonyl (C=O) groups excluding carboxylic acids is 1. The van der Waals surface area contributed by atoms with Crippen LogP contribution in [0, 0.1) is 5.92 Å². The van der Waals surface area contributed by atoms with Crippen molar-refractivity contribution in [3.63, 3.8) is 0 Å². The lowest BCUT2D eigenvalue weighted by molar-refractivity contribution is 0.0143. The van der Waals surface area contributed by atoms with Gasteiger partial charge >= 0.3 is 6.09 Å². The monoisotopic (exact) mass is 337 g/mol. The van der Waals surface area contributed by atoms with Gasteiger partial charge in [-0.1, -0.05) is 0 Å². The van der Waals surface area contributed by atoms with Crippen LogP contribution in [0.25, 0.3) is 0 Å². The van der Waals surface area contributed by atoms with Crippen LogP contribution in [0.4, 0.5) is 4.79 Å². The van der Waals surface area contributed by atoms with Crippen molar-refractivity contribution >= 4 is 6.09 Å². The minimum Gasteiger partial charge on any atom is -0.467 e. The van der Waals surface area contributed by atoms with E-state index in [4.69, 9.17) is 13.9 Å². The van der Waals surface area contributed by atoms with Crippen molar-refractivity contribution in [1.82, 2.24) is 4.90 Å². The molecule has 0 bridgehead atoms. The van der Waals surface area contributed by atoms with Gasteiger partial charge in [0.2, 0.25) is 0 Å². The van der Waals surface area contributed by atoms with Crippen LogP contribution in [0.2, 0.25) is 0 Å². The Balaban J connectivity index is 1.66. The molecule has 136 valence electrons. The first-order chi connectivity index (χ1) is 11.3. The number of rotatable bonds is 6. The summed E-state index contributed by atoms with van der Waals surface area (Å²) in [6.07, 6.45) is 5.77. The maximum absolute atomic E-state index is 12.2. The van der Waals surface area contributed by atoms with E-state index >= 15 is 0 Å². The lowest BCUT2D eigenvalue weighted by atomic mass is 9.94. The normalized spacial score (nSPS) is 20.0. The molecular formula is C19H31NO4. The second-order valence-corrected chi connectivity index (χ2v) is 7.61. The number of piperidine rings is 1. The molecule has 2 heterocycles. The summed E-state index contributed by atoms with van der Waals surface area (Å²) < 4.78 is 16.6. The van der Waals surface area contributed by atoms with Gasteiger partial charge in [0.05, 0.1) is 6.26 Å². The number of hydrogen-bond acceptors (Lipinski definition) is 4. The number of ether oxygens (including phenoxy) is 2. The Hall–Kier alpha value is -1.49. The summed E-state index contributed by atoms with van der Waals surface area (Å²) >= 11 is 0. The van der Waals surface area contributed by atoms with Crippen LogP contribution in [0.15, 0.2) is 22.8 Å². The minimum atomic E-state index is -0.431. The van der Waals surface area contributed by atoms with E-state index in [1.54, 1.807) is 6.26 Å². The molecule has 1 fully saturated rings. The highest BCUT2D eigenvalue weighted by Gasteiger charge is 2.27. The largest absolute Gasteiger partial charge is 0.467 e. The molecule has 2 atom stereocenters. The van der Waals surface area contributed by atoms with Gasteiger partial charge in [0.25, 0.3) is 0 Å². The molecule has 2 rings (SSSR count). The highest BCUT2D eigenvalue weighted by Crippen LogP contribution is 2.24. The molecule has 0 aliphatic carbocycles. The van der Waals surface area contributed by atoms with Gasteiger partial charge < -0.3 is 18.8 Å². The Labute approximate surface area is 145 Å². The third kappa shape index (κ3) is 6.19. The average Bonchev–Trinajstić information content (AvgIpc) is 3.04. The third-order valence-corrected chi connectivity index (χ3v) is 4.24. The number of amides is 1. The van der Waals surface area contributed by atoms with Crippen molar-refractivity contribution < 1.29 is 18.7 Å². The number of furan rings is 1. The zero-order chi connectivity index (χ0) is 17.6. The summed E-state index contributed by atoms with van der Waals surface area (Å²) in [5.41, 5.74) is -0.431. The molecule has 24 heavy (non-hydrogen) atoms. The maximum atomic E-state index is 12.2. The molecule has 1 aromatic heterocycles. The maximum Gasteiger partial charge on any atom is 0.410 e. The van der Waals surface area contributed by atoms with Gasteiger partial charge in [-0.15, -0.1) is 0 Å². The molecular weight excluding hydrogens is 306 g/mol. The van der Waals surface area contributed by atoms with Crippen LogP contribution in [0.5, 0.6) is 0 Å². The van der Waals surface area contributed by atoms with Gasteiger partial charge in [0.1, 0.15) is 17.5 Å². The number of carbonyl (C=O) groups is 1. The smallest absolute Gasteiger partial charge is 0.410 e. The molecule has 1 amide bonds. The average molecular weight is 337 g/mol. The van der Waals surface area contributed by atoms with Crippen molar-refractivity contribution in [1.29, 1.82) is 0 Å². The Morgan fingerprint density at radius 1 is 1.46 bits per heavy atom. The van der Waals surface area contributed by atoms with E-state index in [0.717, 1.165) is 38.1 Å². The van der Waals surface area contributed by atoms with E-state index in [1.165, 1.54) is 6.42 Å². The van der Waals surface area contributed by atoms with Crippen LogP contribution in [-0.4, -0.2) is 36.3 Å². The lowest BCUT2D eigenvalue weighted by Crippen LogP contribution is -2.42. The predicted molar refractivity (Wildman–Crippen MR) is 92.8 cm³/mol. The van der Waals surface area contributed by atoms with E-state index in [-0.39, 0.29) is 12.2 Å². The molecule has 0 spiro atoms. The summed E-state index contributed by atoms with van der Waals surface area (Å²) in [7, 11) is 0. The summed E-state index contributed by atoms with van der Waals surface area (Å²) in [5.74, 6) is 1.40. The van der Waals surface area contributed by atoms with Gasteiger partial charge in [-0.25, -0.2) is 4.79 Å². The number of nitrogens with zero attached hydrogens (tertiary/aromatic N) is 1. The standard InChI is InChI=1S/C19H31NO4/c1-15(17-10-7-13-23-17)22-12-6-9-16-8-5-11-20(14-16)18(21)24-19(2,3)4/h7,10,13,15-16H,5-6,8-9,11-12,14H2,1-4H3/t15-,16+/m0/s1. The topological polar surface area (TPSA) is 51.9 Å². The summed E-state index contributed by atoms with van der Waals surface area (Å²) in [4.78, 5) is 14.0. The summed E-state index contributed by atoms with van der Waals surface area (Å²) in [6, 6.07) is 3.81. The molecule has 5 heteroatoms. The molecule has 0 N–H and O–H groups in total. The zero-order valence-electron chi connectivity index (χ0n) is 15.4. The SMILES string of the molecule is C[C@H](OCCC[C@H]1CCCN(C(=O)OC(C)(C)C)C1)c1ccco1. The second kappa shape index (κ2) is 8.56. The van der Waals surface area contributed by atoms with Crippen molar-refractivity contribution in [3.8, 4) is 0 Å². The Bertz CT molecular complexity index is 492. The lowest BCUT2D eigenvalue weighted by Gasteiger charge is -2.34. The molecule has 0 saturated carbocycles. The molecule has 0 unspecified atom stereocenters. The predicted octanol–water partition coefficient (Wildman–Crippen LogP) is 4.78. The van der Waals surface area contributed by atoms with Gasteiger partial charge in [-0.2, -0.15) is 0 Å². The highest BCUT2D eigenvalue weighted by atomic mass is 16.6. The van der Waals surface area contributed by atoms with E-state index < -0.39 is 5.60 Å². The van der Waals surface area contributed by atoms with Crippen LogP contribution in [0.1, 0.15) is 65.2 Å². The summed E-state index contributed by atoms with van der Waals surface area (Å²) in [5, 5.41) is 0. The fourth-order valence-electron chi connectivity index (χ4n) is 3.03. The van der Waals surface area contributed by atoms with Gasteiger partial charge in [-0.3, -0.25) is 0 Å². The van der Waals surface area contributed by atoms with Gasteiger partial charge in [-0.05, 0) is 71.4 Å². The first kappa shape index (κ1) is 18.8. The molecule has 0 radical (unpaired) electrons. The van der Waals surface area contributed by atoms with E-state index in [0.29, 0.717) is 12.5 Å². The molecule has 0 aromatic carbocycles. The van der Waals surface area contributed by atoms with Gasteiger partial charge in [0.15, 0.2) is 0 Å². The van der Waals surface area contributed by atoms with Crippen molar-refractivity contribution in [2.24, 2.45) is 5.92 Å².